The number of rotatable bonds is 4. The molecule has 15 heavy (non-hydrogen) atoms. The summed E-state index contributed by atoms with van der Waals surface area (Å²) in [4.78, 5) is 13.1. The molecule has 3 heteroatoms. The number of nitrogens with zero attached hydrogens (tertiary/aromatic N) is 1. The Balaban J connectivity index is 3.05. The third kappa shape index (κ3) is 2.57. The van der Waals surface area contributed by atoms with Gasteiger partial charge in [0.25, 0.3) is 5.91 Å². The van der Waals surface area contributed by atoms with Gasteiger partial charge in [0.05, 0.1) is 0 Å². The average Bonchev–Trinajstić information content (AvgIpc) is 2.30. The van der Waals surface area contributed by atoms with Gasteiger partial charge in [0.2, 0.25) is 0 Å². The van der Waals surface area contributed by atoms with Crippen LogP contribution in [0.5, 0.6) is 0 Å². The van der Waals surface area contributed by atoms with Crippen LogP contribution >= 0.6 is 0 Å². The molecule has 0 aliphatic heterocycles. The number of carbonyl (C=O) groups is 1. The van der Waals surface area contributed by atoms with Crippen LogP contribution in [0.3, 0.4) is 0 Å². The maximum atomic E-state index is 11.5. The molecule has 0 saturated heterocycles. The average molecular weight is 207 g/mol. The number of aliphatic hydroxyl groups is 1. The molecule has 0 aliphatic rings. The topological polar surface area (TPSA) is 40.5 Å². The Morgan fingerprint density at radius 1 is 1.33 bits per heavy atom. The van der Waals surface area contributed by atoms with E-state index in [9.17, 15) is 4.79 Å². The first-order valence-electron chi connectivity index (χ1n) is 5.23. The van der Waals surface area contributed by atoms with Crippen molar-refractivity contribution in [3.8, 4) is 0 Å². The zero-order valence-corrected chi connectivity index (χ0v) is 9.23. The standard InChI is InChI=1S/C12H17NO2/c1-3-10-7-5-6-8-11(10)13(4-2)12(15)9-14/h5-8,14H,3-4,9H2,1-2H3. The molecule has 0 heterocycles. The monoisotopic (exact) mass is 207 g/mol. The summed E-state index contributed by atoms with van der Waals surface area (Å²) in [5.74, 6) is -0.251. The third-order valence-electron chi connectivity index (χ3n) is 2.42. The fourth-order valence-corrected chi connectivity index (χ4v) is 1.64. The van der Waals surface area contributed by atoms with Crippen molar-refractivity contribution in [3.63, 3.8) is 0 Å². The van der Waals surface area contributed by atoms with Crippen LogP contribution in [0, 0.1) is 0 Å². The van der Waals surface area contributed by atoms with E-state index >= 15 is 0 Å². The van der Waals surface area contributed by atoms with Crippen LogP contribution in [0.25, 0.3) is 0 Å². The second kappa shape index (κ2) is 5.51. The SMILES string of the molecule is CCc1ccccc1N(CC)C(=O)CO. The number of para-hydroxylation sites is 1. The number of anilines is 1. The normalized spacial score (nSPS) is 10.1. The van der Waals surface area contributed by atoms with E-state index in [4.69, 9.17) is 5.11 Å². The molecule has 0 aromatic heterocycles. The minimum atomic E-state index is -0.439. The molecule has 1 aromatic rings. The van der Waals surface area contributed by atoms with Crippen molar-refractivity contribution in [2.24, 2.45) is 0 Å². The van der Waals surface area contributed by atoms with E-state index in [0.29, 0.717) is 6.54 Å². The van der Waals surface area contributed by atoms with Crippen LogP contribution in [-0.2, 0) is 11.2 Å². The van der Waals surface area contributed by atoms with E-state index in [1.165, 1.54) is 0 Å². The summed E-state index contributed by atoms with van der Waals surface area (Å²) in [6.45, 7) is 4.10. The van der Waals surface area contributed by atoms with Crippen LogP contribution in [0.4, 0.5) is 5.69 Å². The van der Waals surface area contributed by atoms with Crippen LogP contribution in [0.15, 0.2) is 24.3 Å². The second-order valence-corrected chi connectivity index (χ2v) is 3.28. The van der Waals surface area contributed by atoms with E-state index in [0.717, 1.165) is 17.7 Å². The number of hydrogen-bond donors (Lipinski definition) is 1. The number of amides is 1. The highest BCUT2D eigenvalue weighted by Crippen LogP contribution is 2.20. The highest BCUT2D eigenvalue weighted by molar-refractivity contribution is 5.94. The second-order valence-electron chi connectivity index (χ2n) is 3.28. The molecule has 0 unspecified atom stereocenters. The van der Waals surface area contributed by atoms with E-state index in [-0.39, 0.29) is 5.91 Å². The summed E-state index contributed by atoms with van der Waals surface area (Å²) < 4.78 is 0. The summed E-state index contributed by atoms with van der Waals surface area (Å²) >= 11 is 0. The minimum Gasteiger partial charge on any atom is -0.387 e. The summed E-state index contributed by atoms with van der Waals surface area (Å²) in [7, 11) is 0. The summed E-state index contributed by atoms with van der Waals surface area (Å²) in [5, 5.41) is 8.87. The Kier molecular flexibility index (Phi) is 4.31. The molecule has 0 atom stereocenters. The third-order valence-corrected chi connectivity index (χ3v) is 2.42. The van der Waals surface area contributed by atoms with Crippen molar-refractivity contribution in [1.82, 2.24) is 0 Å². The molecule has 0 aliphatic carbocycles. The fourth-order valence-electron chi connectivity index (χ4n) is 1.64. The molecule has 3 nitrogen and oxygen atoms in total. The van der Waals surface area contributed by atoms with Crippen molar-refractivity contribution in [3.05, 3.63) is 29.8 Å². The van der Waals surface area contributed by atoms with Gasteiger partial charge in [-0.2, -0.15) is 0 Å². The lowest BCUT2D eigenvalue weighted by molar-refractivity contribution is -0.121. The summed E-state index contributed by atoms with van der Waals surface area (Å²) in [5.41, 5.74) is 2.03. The highest BCUT2D eigenvalue weighted by Gasteiger charge is 2.14. The number of aryl methyl sites for hydroxylation is 1. The molecular weight excluding hydrogens is 190 g/mol. The van der Waals surface area contributed by atoms with Crippen molar-refractivity contribution >= 4 is 11.6 Å². The van der Waals surface area contributed by atoms with E-state index in [2.05, 4.69) is 6.92 Å². The minimum absolute atomic E-state index is 0.251. The molecule has 0 radical (unpaired) electrons. The predicted molar refractivity (Wildman–Crippen MR) is 60.9 cm³/mol. The first kappa shape index (κ1) is 11.7. The maximum absolute atomic E-state index is 11.5. The molecule has 1 N–H and O–H groups in total. The maximum Gasteiger partial charge on any atom is 0.252 e. The zero-order chi connectivity index (χ0) is 11.3. The smallest absolute Gasteiger partial charge is 0.252 e. The Labute approximate surface area is 90.3 Å². The van der Waals surface area contributed by atoms with Gasteiger partial charge >= 0.3 is 0 Å². The lowest BCUT2D eigenvalue weighted by atomic mass is 10.1. The van der Waals surface area contributed by atoms with Crippen LogP contribution in [-0.4, -0.2) is 24.2 Å². The Hall–Kier alpha value is -1.35. The number of benzene rings is 1. The van der Waals surface area contributed by atoms with Gasteiger partial charge in [0.1, 0.15) is 6.61 Å². The molecule has 0 spiro atoms. The molecule has 0 fully saturated rings. The zero-order valence-electron chi connectivity index (χ0n) is 9.23. The quantitative estimate of drug-likeness (QED) is 0.814. The van der Waals surface area contributed by atoms with E-state index in [1.54, 1.807) is 4.90 Å². The molecule has 0 saturated carbocycles. The van der Waals surface area contributed by atoms with Gasteiger partial charge < -0.3 is 10.0 Å². The van der Waals surface area contributed by atoms with Gasteiger partial charge in [-0.1, -0.05) is 25.1 Å². The lowest BCUT2D eigenvalue weighted by Gasteiger charge is -2.22. The van der Waals surface area contributed by atoms with Gasteiger partial charge in [-0.25, -0.2) is 0 Å². The summed E-state index contributed by atoms with van der Waals surface area (Å²) in [6.07, 6.45) is 0.880. The molecule has 1 aromatic carbocycles. The number of hydrogen-bond acceptors (Lipinski definition) is 2. The number of carbonyl (C=O) groups excluding carboxylic acids is 1. The highest BCUT2D eigenvalue weighted by atomic mass is 16.3. The molecule has 0 bridgehead atoms. The van der Waals surface area contributed by atoms with Crippen molar-refractivity contribution in [2.45, 2.75) is 20.3 Å². The van der Waals surface area contributed by atoms with Gasteiger partial charge in [0, 0.05) is 12.2 Å². The summed E-state index contributed by atoms with van der Waals surface area (Å²) in [6, 6.07) is 7.78. The first-order valence-corrected chi connectivity index (χ1v) is 5.23. The molecule has 1 amide bonds. The van der Waals surface area contributed by atoms with Gasteiger partial charge in [-0.3, -0.25) is 4.79 Å². The first-order chi connectivity index (χ1) is 7.24. The van der Waals surface area contributed by atoms with Crippen molar-refractivity contribution in [2.75, 3.05) is 18.1 Å². The molecule has 1 rings (SSSR count). The van der Waals surface area contributed by atoms with E-state index in [1.807, 2.05) is 31.2 Å². The van der Waals surface area contributed by atoms with Crippen molar-refractivity contribution < 1.29 is 9.90 Å². The van der Waals surface area contributed by atoms with Crippen molar-refractivity contribution in [1.29, 1.82) is 0 Å². The number of likely N-dealkylation sites (N-methyl/N-ethyl adjacent to an activating group) is 1. The number of aliphatic hydroxyl groups excluding tert-OH is 1. The Morgan fingerprint density at radius 2 is 2.00 bits per heavy atom. The van der Waals surface area contributed by atoms with Gasteiger partial charge in [0.15, 0.2) is 0 Å². The van der Waals surface area contributed by atoms with E-state index < -0.39 is 6.61 Å². The molecule has 82 valence electrons. The van der Waals surface area contributed by atoms with Gasteiger partial charge in [-0.15, -0.1) is 0 Å². The largest absolute Gasteiger partial charge is 0.387 e. The van der Waals surface area contributed by atoms with Gasteiger partial charge in [-0.05, 0) is 25.0 Å². The lowest BCUT2D eigenvalue weighted by Crippen LogP contribution is -2.33. The fraction of sp³-hybridized carbons (Fsp3) is 0.417. The Morgan fingerprint density at radius 3 is 2.53 bits per heavy atom. The predicted octanol–water partition coefficient (Wildman–Crippen LogP) is 1.59. The Bertz CT molecular complexity index is 336. The van der Waals surface area contributed by atoms with Crippen LogP contribution in [0.1, 0.15) is 19.4 Å². The molecular formula is C12H17NO2. The van der Waals surface area contributed by atoms with Crippen LogP contribution in [0.2, 0.25) is 0 Å². The van der Waals surface area contributed by atoms with Crippen LogP contribution < -0.4 is 4.90 Å².